The van der Waals surface area contributed by atoms with Crippen LogP contribution in [0.25, 0.3) is 11.3 Å². The number of para-hydroxylation sites is 1. The summed E-state index contributed by atoms with van der Waals surface area (Å²) in [5, 5.41) is 25.1. The third kappa shape index (κ3) is 6.24. The molecule has 2 aliphatic heterocycles. The first-order valence-corrected chi connectivity index (χ1v) is 15.5. The maximum atomic E-state index is 13.3. The van der Waals surface area contributed by atoms with Crippen LogP contribution in [0, 0.1) is 14.9 Å². The van der Waals surface area contributed by atoms with Gasteiger partial charge in [0.05, 0.1) is 29.6 Å². The maximum absolute atomic E-state index is 13.3. The lowest BCUT2D eigenvalue weighted by molar-refractivity contribution is -0.0492. The highest BCUT2D eigenvalue weighted by atomic mass is 127. The standard InChI is InChI=1S/C27H28F3IN6O3S/c28-27(29,30)41(39,40)36-10-9-25-23(18-36)26(19-5-7-21(31)8-6-19)33-37(25)17-22(38)16-34-11-13-35(14-12-34)24-4-2-1-3-20(24)15-32/h1-8,22,38H,9-14,16-18H2. The van der Waals surface area contributed by atoms with Gasteiger partial charge in [-0.15, -0.1) is 0 Å². The zero-order valence-corrected chi connectivity index (χ0v) is 24.9. The Balaban J connectivity index is 1.31. The van der Waals surface area contributed by atoms with Gasteiger partial charge in [0.25, 0.3) is 0 Å². The number of hydrogen-bond donors (Lipinski definition) is 1. The molecule has 0 radical (unpaired) electrons. The molecule has 0 spiro atoms. The SMILES string of the molecule is N#Cc1ccccc1N1CCN(CC(O)Cn2nc(-c3ccc(I)cc3)c3c2CCN(S(=O)(=O)C(F)(F)F)C3)CC1. The van der Waals surface area contributed by atoms with Gasteiger partial charge in [0.2, 0.25) is 0 Å². The highest BCUT2D eigenvalue weighted by molar-refractivity contribution is 14.1. The van der Waals surface area contributed by atoms with Crippen LogP contribution in [0.1, 0.15) is 16.8 Å². The first-order valence-electron chi connectivity index (χ1n) is 13.0. The lowest BCUT2D eigenvalue weighted by Gasteiger charge is -2.37. The van der Waals surface area contributed by atoms with E-state index < -0.39 is 28.2 Å². The number of halogens is 4. The quantitative estimate of drug-likeness (QED) is 0.377. The number of aliphatic hydroxyl groups is 1. The van der Waals surface area contributed by atoms with Crippen LogP contribution in [-0.2, 0) is 29.5 Å². The smallest absolute Gasteiger partial charge is 0.390 e. The number of piperazine rings is 1. The fourth-order valence-electron chi connectivity index (χ4n) is 5.38. The van der Waals surface area contributed by atoms with E-state index in [0.29, 0.717) is 65.1 Å². The Hall–Kier alpha value is -2.71. The second kappa shape index (κ2) is 11.9. The lowest BCUT2D eigenvalue weighted by Crippen LogP contribution is -2.49. The van der Waals surface area contributed by atoms with Gasteiger partial charge in [-0.2, -0.15) is 27.8 Å². The largest absolute Gasteiger partial charge is 0.511 e. The minimum absolute atomic E-state index is 0.0473. The molecule has 1 fully saturated rings. The Kier molecular flexibility index (Phi) is 8.63. The van der Waals surface area contributed by atoms with E-state index in [0.717, 1.165) is 9.26 Å². The van der Waals surface area contributed by atoms with Crippen molar-refractivity contribution in [3.05, 3.63) is 68.9 Å². The summed E-state index contributed by atoms with van der Waals surface area (Å²) in [6.07, 6.45) is -0.760. The summed E-state index contributed by atoms with van der Waals surface area (Å²) >= 11 is 2.14. The van der Waals surface area contributed by atoms with Gasteiger partial charge < -0.3 is 10.0 Å². The molecule has 3 aromatic rings. The van der Waals surface area contributed by atoms with E-state index in [-0.39, 0.29) is 19.5 Å². The van der Waals surface area contributed by atoms with Crippen molar-refractivity contribution in [1.82, 2.24) is 19.0 Å². The molecule has 14 heteroatoms. The molecule has 41 heavy (non-hydrogen) atoms. The number of anilines is 1. The average Bonchev–Trinajstić information content (AvgIpc) is 3.30. The van der Waals surface area contributed by atoms with E-state index in [9.17, 15) is 32.0 Å². The van der Waals surface area contributed by atoms with Crippen LogP contribution < -0.4 is 4.90 Å². The number of nitrogens with zero attached hydrogens (tertiary/aromatic N) is 6. The number of sulfonamides is 1. The number of aliphatic hydroxyl groups excluding tert-OH is 1. The van der Waals surface area contributed by atoms with E-state index >= 15 is 0 Å². The molecular weight excluding hydrogens is 672 g/mol. The van der Waals surface area contributed by atoms with Crippen LogP contribution in [0.5, 0.6) is 0 Å². The zero-order chi connectivity index (χ0) is 29.4. The Morgan fingerprint density at radius 2 is 1.71 bits per heavy atom. The normalized spacial score (nSPS) is 17.7. The summed E-state index contributed by atoms with van der Waals surface area (Å²) < 4.78 is 67.3. The fraction of sp³-hybridized carbons (Fsp3) is 0.407. The molecular formula is C27H28F3IN6O3S. The molecule has 1 unspecified atom stereocenters. The highest BCUT2D eigenvalue weighted by Crippen LogP contribution is 2.35. The molecule has 1 N–H and O–H groups in total. The molecule has 0 amide bonds. The molecule has 5 rings (SSSR count). The number of benzene rings is 2. The van der Waals surface area contributed by atoms with Crippen molar-refractivity contribution in [2.24, 2.45) is 0 Å². The first kappa shape index (κ1) is 29.8. The second-order valence-electron chi connectivity index (χ2n) is 10.1. The molecule has 0 aliphatic carbocycles. The molecule has 218 valence electrons. The highest BCUT2D eigenvalue weighted by Gasteiger charge is 2.51. The summed E-state index contributed by atoms with van der Waals surface area (Å²) in [6, 6.07) is 17.0. The molecule has 1 saturated heterocycles. The van der Waals surface area contributed by atoms with Crippen LogP contribution in [0.15, 0.2) is 48.5 Å². The minimum Gasteiger partial charge on any atom is -0.390 e. The van der Waals surface area contributed by atoms with Gasteiger partial charge in [0, 0.05) is 72.6 Å². The fourth-order valence-corrected chi connectivity index (χ4v) is 6.66. The van der Waals surface area contributed by atoms with Crippen LogP contribution in [0.4, 0.5) is 18.9 Å². The average molecular weight is 701 g/mol. The Labute approximate surface area is 250 Å². The lowest BCUT2D eigenvalue weighted by atomic mass is 10.0. The van der Waals surface area contributed by atoms with Crippen molar-refractivity contribution >= 4 is 38.3 Å². The number of nitriles is 1. The van der Waals surface area contributed by atoms with Gasteiger partial charge in [0.15, 0.2) is 0 Å². The molecule has 3 heterocycles. The van der Waals surface area contributed by atoms with Crippen LogP contribution in [0.2, 0.25) is 0 Å². The molecule has 0 bridgehead atoms. The summed E-state index contributed by atoms with van der Waals surface area (Å²) in [4.78, 5) is 4.28. The second-order valence-corrected chi connectivity index (χ2v) is 13.2. The summed E-state index contributed by atoms with van der Waals surface area (Å²) in [6.45, 7) is 2.49. The molecule has 0 saturated carbocycles. The van der Waals surface area contributed by atoms with Crippen molar-refractivity contribution in [2.45, 2.75) is 31.1 Å². The third-order valence-corrected chi connectivity index (χ3v) is 9.73. The predicted molar refractivity (Wildman–Crippen MR) is 155 cm³/mol. The first-order chi connectivity index (χ1) is 19.5. The number of β-amino-alcohol motifs (C(OH)–C–C–N with tert-alkyl or cyclic N) is 1. The van der Waals surface area contributed by atoms with Crippen molar-refractivity contribution in [3.63, 3.8) is 0 Å². The van der Waals surface area contributed by atoms with Crippen LogP contribution in [-0.4, -0.2) is 83.4 Å². The van der Waals surface area contributed by atoms with E-state index in [1.54, 1.807) is 22.9 Å². The predicted octanol–water partition coefficient (Wildman–Crippen LogP) is 3.42. The van der Waals surface area contributed by atoms with Crippen molar-refractivity contribution < 1.29 is 26.7 Å². The van der Waals surface area contributed by atoms with Gasteiger partial charge in [-0.25, -0.2) is 8.42 Å². The topological polar surface area (TPSA) is 106 Å². The summed E-state index contributed by atoms with van der Waals surface area (Å²) in [5.74, 6) is 0. The van der Waals surface area contributed by atoms with Crippen molar-refractivity contribution in [2.75, 3.05) is 44.2 Å². The Morgan fingerprint density at radius 3 is 2.37 bits per heavy atom. The molecule has 1 aromatic heterocycles. The molecule has 9 nitrogen and oxygen atoms in total. The molecule has 1 atom stereocenters. The van der Waals surface area contributed by atoms with Crippen molar-refractivity contribution in [3.8, 4) is 17.3 Å². The van der Waals surface area contributed by atoms with Gasteiger partial charge in [0.1, 0.15) is 6.07 Å². The van der Waals surface area contributed by atoms with Gasteiger partial charge >= 0.3 is 15.5 Å². The number of hydrogen-bond acceptors (Lipinski definition) is 7. The van der Waals surface area contributed by atoms with Gasteiger partial charge in [-0.3, -0.25) is 9.58 Å². The van der Waals surface area contributed by atoms with Crippen molar-refractivity contribution in [1.29, 1.82) is 5.26 Å². The van der Waals surface area contributed by atoms with Gasteiger partial charge in [-0.05, 0) is 46.9 Å². The Bertz CT molecular complexity index is 1550. The Morgan fingerprint density at radius 1 is 1.02 bits per heavy atom. The summed E-state index contributed by atoms with van der Waals surface area (Å²) in [7, 11) is -5.49. The monoisotopic (exact) mass is 700 g/mol. The summed E-state index contributed by atoms with van der Waals surface area (Å²) in [5.41, 5.74) is -1.75. The van der Waals surface area contributed by atoms with E-state index in [2.05, 4.69) is 43.6 Å². The van der Waals surface area contributed by atoms with E-state index in [4.69, 9.17) is 0 Å². The van der Waals surface area contributed by atoms with Crippen LogP contribution in [0.3, 0.4) is 0 Å². The van der Waals surface area contributed by atoms with E-state index in [1.165, 1.54) is 0 Å². The minimum atomic E-state index is -5.49. The molecule has 2 aliphatic rings. The number of alkyl halides is 3. The number of fused-ring (bicyclic) bond motifs is 1. The number of aromatic nitrogens is 2. The maximum Gasteiger partial charge on any atom is 0.511 e. The zero-order valence-electron chi connectivity index (χ0n) is 21.9. The van der Waals surface area contributed by atoms with Crippen LogP contribution >= 0.6 is 22.6 Å². The van der Waals surface area contributed by atoms with Gasteiger partial charge in [-0.1, -0.05) is 24.3 Å². The van der Waals surface area contributed by atoms with E-state index in [1.807, 2.05) is 30.3 Å². The third-order valence-electron chi connectivity index (χ3n) is 7.44. The molecule has 2 aromatic carbocycles. The number of rotatable bonds is 7.